The molecule has 9 N–H and O–H groups in total. The SMILES string of the molecule is OCC(O)C(O)C(O)C(CO)CC1OC(CO)C(O)C(O)C1O. The summed E-state index contributed by atoms with van der Waals surface area (Å²) in [5, 5.41) is 85.4. The Morgan fingerprint density at radius 3 is 1.78 bits per heavy atom. The highest BCUT2D eigenvalue weighted by molar-refractivity contribution is 4.94. The predicted octanol–water partition coefficient (Wildman–Crippen LogP) is -5.10. The van der Waals surface area contributed by atoms with E-state index in [0.29, 0.717) is 0 Å². The first-order valence-electron chi connectivity index (χ1n) is 7.34. The summed E-state index contributed by atoms with van der Waals surface area (Å²) < 4.78 is 5.25. The van der Waals surface area contributed by atoms with Crippen molar-refractivity contribution in [2.75, 3.05) is 19.8 Å². The average Bonchev–Trinajstić information content (AvgIpc) is 2.57. The number of aliphatic hydroxyl groups excluding tert-OH is 9. The first-order chi connectivity index (χ1) is 10.8. The molecule has 0 amide bonds. The summed E-state index contributed by atoms with van der Waals surface area (Å²) in [7, 11) is 0. The van der Waals surface area contributed by atoms with Gasteiger partial charge in [0.1, 0.15) is 36.6 Å². The Balaban J connectivity index is 2.77. The summed E-state index contributed by atoms with van der Waals surface area (Å²) in [5.41, 5.74) is 0. The Morgan fingerprint density at radius 2 is 1.30 bits per heavy atom. The van der Waals surface area contributed by atoms with Gasteiger partial charge in [0, 0.05) is 12.5 Å². The lowest BCUT2D eigenvalue weighted by atomic mass is 9.85. The van der Waals surface area contributed by atoms with Crippen molar-refractivity contribution < 1.29 is 50.7 Å². The van der Waals surface area contributed by atoms with Crippen molar-refractivity contribution in [2.24, 2.45) is 5.92 Å². The Kier molecular flexibility index (Phi) is 8.24. The molecule has 0 aromatic heterocycles. The van der Waals surface area contributed by atoms with Crippen molar-refractivity contribution in [1.82, 2.24) is 0 Å². The molecule has 0 spiro atoms. The molecule has 0 aromatic carbocycles. The van der Waals surface area contributed by atoms with E-state index in [2.05, 4.69) is 0 Å². The Bertz CT molecular complexity index is 341. The van der Waals surface area contributed by atoms with Crippen LogP contribution in [0, 0.1) is 5.92 Å². The fourth-order valence-electron chi connectivity index (χ4n) is 2.61. The molecule has 9 atom stereocenters. The standard InChI is InChI=1S/C13H26O10/c14-2-5(9(18)10(19)6(17)3-15)1-7-11(20)13(22)12(21)8(4-16)23-7/h5-22H,1-4H2. The molecular weight excluding hydrogens is 316 g/mol. The summed E-state index contributed by atoms with van der Waals surface area (Å²) in [5.74, 6) is -1.05. The van der Waals surface area contributed by atoms with Crippen molar-refractivity contribution in [1.29, 1.82) is 0 Å². The van der Waals surface area contributed by atoms with E-state index in [-0.39, 0.29) is 6.42 Å². The molecule has 1 rings (SSSR count). The molecule has 0 radical (unpaired) electrons. The van der Waals surface area contributed by atoms with Crippen molar-refractivity contribution in [3.05, 3.63) is 0 Å². The van der Waals surface area contributed by atoms with Crippen LogP contribution in [0.4, 0.5) is 0 Å². The lowest BCUT2D eigenvalue weighted by Gasteiger charge is -2.41. The molecule has 1 heterocycles. The minimum Gasteiger partial charge on any atom is -0.396 e. The topological polar surface area (TPSA) is 191 Å². The van der Waals surface area contributed by atoms with Gasteiger partial charge >= 0.3 is 0 Å². The van der Waals surface area contributed by atoms with Crippen LogP contribution in [-0.4, -0.2) is 115 Å². The van der Waals surface area contributed by atoms with E-state index in [1.54, 1.807) is 0 Å². The van der Waals surface area contributed by atoms with Gasteiger partial charge in [0.05, 0.1) is 25.4 Å². The van der Waals surface area contributed by atoms with Gasteiger partial charge < -0.3 is 50.7 Å². The molecule has 10 nitrogen and oxygen atoms in total. The van der Waals surface area contributed by atoms with Crippen LogP contribution in [0.15, 0.2) is 0 Å². The molecule has 1 fully saturated rings. The number of rotatable bonds is 8. The molecule has 1 saturated heterocycles. The normalized spacial score (nSPS) is 37.2. The lowest BCUT2D eigenvalue weighted by Crippen LogP contribution is -2.59. The maximum atomic E-state index is 9.96. The molecule has 138 valence electrons. The number of hydrogen-bond acceptors (Lipinski definition) is 10. The van der Waals surface area contributed by atoms with E-state index in [4.69, 9.17) is 14.9 Å². The summed E-state index contributed by atoms with van der Waals surface area (Å²) >= 11 is 0. The van der Waals surface area contributed by atoms with Gasteiger partial charge in [-0.2, -0.15) is 0 Å². The highest BCUT2D eigenvalue weighted by Gasteiger charge is 2.45. The first-order valence-corrected chi connectivity index (χ1v) is 7.34. The number of hydrogen-bond donors (Lipinski definition) is 9. The van der Waals surface area contributed by atoms with Crippen LogP contribution in [-0.2, 0) is 4.74 Å². The van der Waals surface area contributed by atoms with Crippen LogP contribution in [0.1, 0.15) is 6.42 Å². The van der Waals surface area contributed by atoms with Gasteiger partial charge in [0.2, 0.25) is 0 Å². The van der Waals surface area contributed by atoms with Crippen LogP contribution in [0.25, 0.3) is 0 Å². The zero-order valence-corrected chi connectivity index (χ0v) is 12.5. The van der Waals surface area contributed by atoms with Gasteiger partial charge in [-0.05, 0) is 6.42 Å². The summed E-state index contributed by atoms with van der Waals surface area (Å²) in [6.45, 7) is -2.04. The van der Waals surface area contributed by atoms with E-state index in [0.717, 1.165) is 0 Å². The van der Waals surface area contributed by atoms with Crippen LogP contribution < -0.4 is 0 Å². The fourth-order valence-corrected chi connectivity index (χ4v) is 2.61. The van der Waals surface area contributed by atoms with Gasteiger partial charge in [-0.1, -0.05) is 0 Å². The Morgan fingerprint density at radius 1 is 0.739 bits per heavy atom. The highest BCUT2D eigenvalue weighted by atomic mass is 16.5. The maximum Gasteiger partial charge on any atom is 0.111 e. The lowest BCUT2D eigenvalue weighted by molar-refractivity contribution is -0.236. The van der Waals surface area contributed by atoms with Crippen molar-refractivity contribution in [2.45, 2.75) is 55.3 Å². The van der Waals surface area contributed by atoms with Gasteiger partial charge in [0.25, 0.3) is 0 Å². The van der Waals surface area contributed by atoms with Gasteiger partial charge in [-0.25, -0.2) is 0 Å². The zero-order chi connectivity index (χ0) is 17.7. The van der Waals surface area contributed by atoms with Crippen LogP contribution >= 0.6 is 0 Å². The Labute approximate surface area is 132 Å². The molecule has 10 heteroatoms. The Hall–Kier alpha value is -0.400. The third-order valence-corrected chi connectivity index (χ3v) is 4.17. The molecule has 0 bridgehead atoms. The van der Waals surface area contributed by atoms with E-state index in [1.807, 2.05) is 0 Å². The summed E-state index contributed by atoms with van der Waals surface area (Å²) in [4.78, 5) is 0. The van der Waals surface area contributed by atoms with Crippen molar-refractivity contribution in [3.63, 3.8) is 0 Å². The molecular formula is C13H26O10. The second-order valence-electron chi connectivity index (χ2n) is 5.78. The zero-order valence-electron chi connectivity index (χ0n) is 12.5. The van der Waals surface area contributed by atoms with E-state index >= 15 is 0 Å². The fraction of sp³-hybridized carbons (Fsp3) is 1.00. The molecule has 1 aliphatic heterocycles. The van der Waals surface area contributed by atoms with E-state index in [1.165, 1.54) is 0 Å². The summed E-state index contributed by atoms with van der Waals surface area (Å²) in [6.07, 6.45) is -12.1. The third-order valence-electron chi connectivity index (χ3n) is 4.17. The quantitative estimate of drug-likeness (QED) is 0.206. The molecule has 0 aromatic rings. The monoisotopic (exact) mass is 342 g/mol. The summed E-state index contributed by atoms with van der Waals surface area (Å²) in [6, 6.07) is 0. The second kappa shape index (κ2) is 9.18. The largest absolute Gasteiger partial charge is 0.396 e. The van der Waals surface area contributed by atoms with Crippen LogP contribution in [0.2, 0.25) is 0 Å². The number of ether oxygens (including phenoxy) is 1. The smallest absolute Gasteiger partial charge is 0.111 e. The molecule has 0 aliphatic carbocycles. The molecule has 9 unspecified atom stereocenters. The minimum atomic E-state index is -1.73. The van der Waals surface area contributed by atoms with E-state index in [9.17, 15) is 35.7 Å². The number of aliphatic hydroxyl groups is 9. The van der Waals surface area contributed by atoms with Crippen LogP contribution in [0.3, 0.4) is 0 Å². The van der Waals surface area contributed by atoms with Gasteiger partial charge in [-0.3, -0.25) is 0 Å². The van der Waals surface area contributed by atoms with Gasteiger partial charge in [-0.15, -0.1) is 0 Å². The first kappa shape index (κ1) is 20.6. The van der Waals surface area contributed by atoms with Crippen molar-refractivity contribution >= 4 is 0 Å². The third kappa shape index (κ3) is 4.79. The second-order valence-corrected chi connectivity index (χ2v) is 5.78. The maximum absolute atomic E-state index is 9.96. The predicted molar refractivity (Wildman–Crippen MR) is 74.1 cm³/mol. The van der Waals surface area contributed by atoms with Gasteiger partial charge in [0.15, 0.2) is 0 Å². The molecule has 0 saturated carbocycles. The molecule has 1 aliphatic rings. The molecule has 23 heavy (non-hydrogen) atoms. The average molecular weight is 342 g/mol. The minimum absolute atomic E-state index is 0.228. The van der Waals surface area contributed by atoms with Crippen molar-refractivity contribution in [3.8, 4) is 0 Å². The van der Waals surface area contributed by atoms with Crippen LogP contribution in [0.5, 0.6) is 0 Å². The van der Waals surface area contributed by atoms with E-state index < -0.39 is 74.6 Å². The highest BCUT2D eigenvalue weighted by Crippen LogP contribution is 2.27.